The Morgan fingerprint density at radius 3 is 2.55 bits per heavy atom. The lowest BCUT2D eigenvalue weighted by Crippen LogP contribution is -2.38. The average molecular weight is 279 g/mol. The van der Waals surface area contributed by atoms with Gasteiger partial charge >= 0.3 is 12.1 Å². The molecule has 1 amide bonds. The minimum atomic E-state index is -1.03. The third-order valence-corrected chi connectivity index (χ3v) is 2.67. The van der Waals surface area contributed by atoms with Crippen LogP contribution in [0, 0.1) is 5.92 Å². The third kappa shape index (κ3) is 5.09. The summed E-state index contributed by atoms with van der Waals surface area (Å²) in [6.45, 7) is 1.29. The molecular formula is C14H17NO5. The summed E-state index contributed by atoms with van der Waals surface area (Å²) in [4.78, 5) is 34.2. The van der Waals surface area contributed by atoms with Crippen molar-refractivity contribution in [1.82, 2.24) is 4.90 Å². The molecule has 1 aromatic rings. The highest BCUT2D eigenvalue weighted by molar-refractivity contribution is 5.74. The molecule has 0 saturated heterocycles. The number of amides is 1. The molecule has 1 atom stereocenters. The van der Waals surface area contributed by atoms with Crippen molar-refractivity contribution in [3.05, 3.63) is 35.9 Å². The molecule has 0 aliphatic heterocycles. The van der Waals surface area contributed by atoms with Gasteiger partial charge in [0.1, 0.15) is 12.9 Å². The van der Waals surface area contributed by atoms with Gasteiger partial charge < -0.3 is 19.5 Å². The van der Waals surface area contributed by atoms with Crippen molar-refractivity contribution >= 4 is 18.3 Å². The SMILES string of the molecule is C[C@@H](CN(CC=O)C(=O)OCc1ccccc1)C(=O)O. The lowest BCUT2D eigenvalue weighted by Gasteiger charge is -2.21. The third-order valence-electron chi connectivity index (χ3n) is 2.67. The van der Waals surface area contributed by atoms with Crippen LogP contribution in [-0.4, -0.2) is 41.4 Å². The first-order valence-electron chi connectivity index (χ1n) is 6.16. The van der Waals surface area contributed by atoms with E-state index in [2.05, 4.69) is 0 Å². The van der Waals surface area contributed by atoms with Crippen LogP contribution in [0.25, 0.3) is 0 Å². The molecule has 20 heavy (non-hydrogen) atoms. The van der Waals surface area contributed by atoms with E-state index in [9.17, 15) is 14.4 Å². The van der Waals surface area contributed by atoms with Gasteiger partial charge in [0.15, 0.2) is 0 Å². The quantitative estimate of drug-likeness (QED) is 0.765. The molecule has 0 fully saturated rings. The summed E-state index contributed by atoms with van der Waals surface area (Å²) >= 11 is 0. The zero-order valence-electron chi connectivity index (χ0n) is 11.2. The first kappa shape index (κ1) is 15.7. The summed E-state index contributed by atoms with van der Waals surface area (Å²) in [6.07, 6.45) is -0.160. The first-order chi connectivity index (χ1) is 9.54. The number of carbonyl (C=O) groups is 3. The Morgan fingerprint density at radius 1 is 1.35 bits per heavy atom. The van der Waals surface area contributed by atoms with Gasteiger partial charge in [0.05, 0.1) is 12.5 Å². The van der Waals surface area contributed by atoms with Crippen molar-refractivity contribution in [3.8, 4) is 0 Å². The highest BCUT2D eigenvalue weighted by Crippen LogP contribution is 2.06. The van der Waals surface area contributed by atoms with Gasteiger partial charge in [-0.2, -0.15) is 0 Å². The van der Waals surface area contributed by atoms with Crippen LogP contribution in [0.2, 0.25) is 0 Å². The lowest BCUT2D eigenvalue weighted by molar-refractivity contribution is -0.141. The summed E-state index contributed by atoms with van der Waals surface area (Å²) in [5, 5.41) is 8.82. The predicted octanol–water partition coefficient (Wildman–Crippen LogP) is 1.54. The molecule has 1 rings (SSSR count). The van der Waals surface area contributed by atoms with E-state index in [1.807, 2.05) is 18.2 Å². The minimum absolute atomic E-state index is 0.0678. The van der Waals surface area contributed by atoms with Crippen molar-refractivity contribution in [1.29, 1.82) is 0 Å². The minimum Gasteiger partial charge on any atom is -0.481 e. The number of carboxylic acid groups (broad SMARTS) is 1. The maximum absolute atomic E-state index is 11.8. The van der Waals surface area contributed by atoms with E-state index in [4.69, 9.17) is 9.84 Å². The highest BCUT2D eigenvalue weighted by Gasteiger charge is 2.21. The van der Waals surface area contributed by atoms with E-state index < -0.39 is 18.0 Å². The Balaban J connectivity index is 2.55. The molecule has 1 N–H and O–H groups in total. The summed E-state index contributed by atoms with van der Waals surface area (Å²) < 4.78 is 5.06. The van der Waals surface area contributed by atoms with Crippen molar-refractivity contribution in [2.45, 2.75) is 13.5 Å². The number of benzene rings is 1. The number of aldehydes is 1. The molecule has 0 aliphatic carbocycles. The number of hydrogen-bond acceptors (Lipinski definition) is 4. The van der Waals surface area contributed by atoms with Gasteiger partial charge in [-0.25, -0.2) is 4.79 Å². The summed E-state index contributed by atoms with van der Waals surface area (Å²) in [5.41, 5.74) is 0.818. The van der Waals surface area contributed by atoms with Crippen LogP contribution in [0.4, 0.5) is 4.79 Å². The Hall–Kier alpha value is -2.37. The largest absolute Gasteiger partial charge is 0.481 e. The van der Waals surface area contributed by atoms with Crippen LogP contribution < -0.4 is 0 Å². The van der Waals surface area contributed by atoms with Crippen molar-refractivity contribution in [3.63, 3.8) is 0 Å². The smallest absolute Gasteiger partial charge is 0.410 e. The van der Waals surface area contributed by atoms with Crippen molar-refractivity contribution in [2.75, 3.05) is 13.1 Å². The van der Waals surface area contributed by atoms with E-state index >= 15 is 0 Å². The van der Waals surface area contributed by atoms with Gasteiger partial charge in [0.25, 0.3) is 0 Å². The molecule has 0 aliphatic rings. The molecule has 0 bridgehead atoms. The maximum Gasteiger partial charge on any atom is 0.410 e. The van der Waals surface area contributed by atoms with E-state index in [0.717, 1.165) is 10.5 Å². The second-order valence-electron chi connectivity index (χ2n) is 4.35. The summed E-state index contributed by atoms with van der Waals surface area (Å²) in [7, 11) is 0. The molecule has 0 spiro atoms. The molecule has 0 unspecified atom stereocenters. The van der Waals surface area contributed by atoms with E-state index in [1.165, 1.54) is 6.92 Å². The maximum atomic E-state index is 11.8. The van der Waals surface area contributed by atoms with Crippen LogP contribution in [0.3, 0.4) is 0 Å². The molecule has 0 radical (unpaired) electrons. The second kappa shape index (κ2) is 7.93. The first-order valence-corrected chi connectivity index (χ1v) is 6.16. The number of carbonyl (C=O) groups excluding carboxylic acids is 2. The van der Waals surface area contributed by atoms with Gasteiger partial charge in [-0.3, -0.25) is 4.79 Å². The molecule has 0 saturated carbocycles. The monoisotopic (exact) mass is 279 g/mol. The number of rotatable bonds is 7. The number of aliphatic carboxylic acids is 1. The standard InChI is InChI=1S/C14H17NO5/c1-11(13(17)18)9-15(7-8-16)14(19)20-10-12-5-3-2-4-6-12/h2-6,8,11H,7,9-10H2,1H3,(H,17,18)/t11-/m0/s1. The van der Waals surface area contributed by atoms with E-state index in [0.29, 0.717) is 6.29 Å². The fourth-order valence-electron chi connectivity index (χ4n) is 1.53. The Kier molecular flexibility index (Phi) is 6.22. The van der Waals surface area contributed by atoms with Gasteiger partial charge in [-0.1, -0.05) is 37.3 Å². The topological polar surface area (TPSA) is 83.9 Å². The van der Waals surface area contributed by atoms with Crippen LogP contribution in [0.1, 0.15) is 12.5 Å². The summed E-state index contributed by atoms with van der Waals surface area (Å²) in [5.74, 6) is -1.80. The van der Waals surface area contributed by atoms with Crippen molar-refractivity contribution in [2.24, 2.45) is 5.92 Å². The molecule has 0 aromatic heterocycles. The molecule has 6 nitrogen and oxygen atoms in total. The number of hydrogen-bond donors (Lipinski definition) is 1. The van der Waals surface area contributed by atoms with Crippen LogP contribution in [-0.2, 0) is 20.9 Å². The Bertz CT molecular complexity index is 460. The zero-order chi connectivity index (χ0) is 15.0. The van der Waals surface area contributed by atoms with Gasteiger partial charge in [-0.15, -0.1) is 0 Å². The number of ether oxygens (including phenoxy) is 1. The van der Waals surface area contributed by atoms with Crippen LogP contribution in [0.5, 0.6) is 0 Å². The van der Waals surface area contributed by atoms with Gasteiger partial charge in [0, 0.05) is 6.54 Å². The molecule has 6 heteroatoms. The molecular weight excluding hydrogens is 262 g/mol. The van der Waals surface area contributed by atoms with Crippen molar-refractivity contribution < 1.29 is 24.2 Å². The Labute approximate surface area is 117 Å². The highest BCUT2D eigenvalue weighted by atomic mass is 16.6. The number of carboxylic acids is 1. The normalized spacial score (nSPS) is 11.4. The molecule has 1 aromatic carbocycles. The zero-order valence-corrected chi connectivity index (χ0v) is 11.2. The molecule has 108 valence electrons. The van der Waals surface area contributed by atoms with E-state index in [1.54, 1.807) is 12.1 Å². The summed E-state index contributed by atoms with van der Waals surface area (Å²) in [6, 6.07) is 9.09. The number of nitrogens with zero attached hydrogens (tertiary/aromatic N) is 1. The Morgan fingerprint density at radius 2 is 2.00 bits per heavy atom. The average Bonchev–Trinajstić information content (AvgIpc) is 2.45. The van der Waals surface area contributed by atoms with E-state index in [-0.39, 0.29) is 19.7 Å². The lowest BCUT2D eigenvalue weighted by atomic mass is 10.2. The van der Waals surface area contributed by atoms with Gasteiger partial charge in [-0.05, 0) is 5.56 Å². The van der Waals surface area contributed by atoms with Crippen LogP contribution >= 0.6 is 0 Å². The second-order valence-corrected chi connectivity index (χ2v) is 4.35. The fraction of sp³-hybridized carbons (Fsp3) is 0.357. The molecule has 0 heterocycles. The predicted molar refractivity (Wildman–Crippen MR) is 71.1 cm³/mol. The van der Waals surface area contributed by atoms with Crippen LogP contribution in [0.15, 0.2) is 30.3 Å². The fourth-order valence-corrected chi connectivity index (χ4v) is 1.53. The van der Waals surface area contributed by atoms with Gasteiger partial charge in [0.2, 0.25) is 0 Å².